The first-order valence-corrected chi connectivity index (χ1v) is 14.5. The third-order valence-corrected chi connectivity index (χ3v) is 6.89. The van der Waals surface area contributed by atoms with Crippen molar-refractivity contribution in [2.24, 2.45) is 0 Å². The molecule has 0 bridgehead atoms. The van der Waals surface area contributed by atoms with Gasteiger partial charge in [0.2, 0.25) is 11.8 Å². The maximum Gasteiger partial charge on any atom is 0.408 e. The summed E-state index contributed by atoms with van der Waals surface area (Å²) in [6.45, 7) is 13.4. The molecule has 1 aliphatic rings. The monoisotopic (exact) mass is 519 g/mol. The lowest BCUT2D eigenvalue weighted by Gasteiger charge is -2.36. The Hall–Kier alpha value is -2.22. The zero-order valence-electron chi connectivity index (χ0n) is 23.3. The van der Waals surface area contributed by atoms with Gasteiger partial charge in [0, 0.05) is 12.1 Å². The Labute approximate surface area is 221 Å². The number of benzene rings is 1. The van der Waals surface area contributed by atoms with E-state index >= 15 is 0 Å². The molecule has 1 aromatic rings. The van der Waals surface area contributed by atoms with Crippen molar-refractivity contribution in [3.63, 3.8) is 0 Å². The topological polar surface area (TPSA) is 87.7 Å². The molecule has 8 heteroatoms. The lowest BCUT2D eigenvalue weighted by Crippen LogP contribution is -2.54. The summed E-state index contributed by atoms with van der Waals surface area (Å²) in [7, 11) is 0. The predicted octanol–water partition coefficient (Wildman–Crippen LogP) is 5.29. The van der Waals surface area contributed by atoms with Crippen molar-refractivity contribution in [2.45, 2.75) is 110 Å². The number of aryl methyl sites for hydroxylation is 2. The molecule has 1 aliphatic carbocycles. The number of rotatable bonds is 12. The van der Waals surface area contributed by atoms with Crippen LogP contribution in [0.15, 0.2) is 18.2 Å². The third kappa shape index (κ3) is 8.71. The molecule has 3 amide bonds. The van der Waals surface area contributed by atoms with Gasteiger partial charge in [0.1, 0.15) is 17.7 Å². The zero-order valence-corrected chi connectivity index (χ0v) is 24.1. The van der Waals surface area contributed by atoms with Gasteiger partial charge in [-0.1, -0.05) is 31.5 Å². The van der Waals surface area contributed by atoms with E-state index in [2.05, 4.69) is 17.6 Å². The molecule has 1 saturated carbocycles. The van der Waals surface area contributed by atoms with Gasteiger partial charge in [-0.2, -0.15) is 11.8 Å². The summed E-state index contributed by atoms with van der Waals surface area (Å²) in [5.41, 5.74) is 2.12. The fraction of sp³-hybridized carbons (Fsp3) is 0.679. The predicted molar refractivity (Wildman–Crippen MR) is 147 cm³/mol. The summed E-state index contributed by atoms with van der Waals surface area (Å²) in [4.78, 5) is 42.4. The van der Waals surface area contributed by atoms with Crippen LogP contribution in [0.4, 0.5) is 4.79 Å². The molecule has 3 atom stereocenters. The largest absolute Gasteiger partial charge is 0.444 e. The van der Waals surface area contributed by atoms with Crippen LogP contribution in [0.25, 0.3) is 0 Å². The normalized spacial score (nSPS) is 16.0. The number of hydrogen-bond acceptors (Lipinski definition) is 5. The molecule has 0 saturated heterocycles. The van der Waals surface area contributed by atoms with Gasteiger partial charge in [0.05, 0.1) is 0 Å². The van der Waals surface area contributed by atoms with Gasteiger partial charge in [-0.05, 0) is 95.9 Å². The maximum absolute atomic E-state index is 14.2. The molecule has 0 radical (unpaired) electrons. The Morgan fingerprint density at radius 3 is 2.22 bits per heavy atom. The second-order valence-electron chi connectivity index (χ2n) is 10.9. The highest BCUT2D eigenvalue weighted by Gasteiger charge is 2.44. The van der Waals surface area contributed by atoms with Gasteiger partial charge >= 0.3 is 6.09 Å². The first kappa shape index (κ1) is 30.0. The van der Waals surface area contributed by atoms with E-state index < -0.39 is 23.8 Å². The number of thioether (sulfide) groups is 1. The number of carbonyl (C=O) groups excluding carboxylic acids is 3. The van der Waals surface area contributed by atoms with E-state index in [1.54, 1.807) is 37.4 Å². The molecule has 0 aromatic heterocycles. The van der Waals surface area contributed by atoms with Crippen LogP contribution in [0.2, 0.25) is 0 Å². The lowest BCUT2D eigenvalue weighted by molar-refractivity contribution is -0.143. The molecule has 0 aliphatic heterocycles. The molecule has 7 nitrogen and oxygen atoms in total. The molecular formula is C28H45N3O4S. The SMILES string of the molecule is CCCC(C)NC(=O)C(c1c(C)cccc1C)N(C(=O)C(CCSC)NC(=O)OC(C)(C)C)C1CC1. The zero-order chi connectivity index (χ0) is 27.0. The van der Waals surface area contributed by atoms with Gasteiger partial charge in [-0.3, -0.25) is 9.59 Å². The third-order valence-electron chi connectivity index (χ3n) is 6.25. The molecule has 1 fully saturated rings. The van der Waals surface area contributed by atoms with Crippen molar-refractivity contribution in [1.29, 1.82) is 0 Å². The maximum atomic E-state index is 14.2. The molecule has 36 heavy (non-hydrogen) atoms. The summed E-state index contributed by atoms with van der Waals surface area (Å²) in [6.07, 6.45) is 5.30. The van der Waals surface area contributed by atoms with Crippen LogP contribution in [-0.2, 0) is 14.3 Å². The summed E-state index contributed by atoms with van der Waals surface area (Å²) >= 11 is 1.61. The second-order valence-corrected chi connectivity index (χ2v) is 11.8. The van der Waals surface area contributed by atoms with Crippen molar-refractivity contribution in [3.8, 4) is 0 Å². The van der Waals surface area contributed by atoms with Crippen molar-refractivity contribution in [2.75, 3.05) is 12.0 Å². The smallest absolute Gasteiger partial charge is 0.408 e. The van der Waals surface area contributed by atoms with Gasteiger partial charge in [0.25, 0.3) is 0 Å². The van der Waals surface area contributed by atoms with E-state index in [0.29, 0.717) is 12.2 Å². The van der Waals surface area contributed by atoms with Crippen molar-refractivity contribution in [1.82, 2.24) is 15.5 Å². The minimum Gasteiger partial charge on any atom is -0.444 e. The van der Waals surface area contributed by atoms with Gasteiger partial charge in [0.15, 0.2) is 0 Å². The number of carbonyl (C=O) groups is 3. The fourth-order valence-electron chi connectivity index (χ4n) is 4.48. The number of nitrogens with zero attached hydrogens (tertiary/aromatic N) is 1. The Kier molecular flexibility index (Phi) is 11.1. The number of alkyl carbamates (subject to hydrolysis) is 1. The van der Waals surface area contributed by atoms with Crippen LogP contribution in [0.5, 0.6) is 0 Å². The molecule has 2 rings (SSSR count). The molecule has 0 spiro atoms. The Morgan fingerprint density at radius 2 is 1.72 bits per heavy atom. The van der Waals surface area contributed by atoms with Crippen LogP contribution in [-0.4, -0.2) is 58.5 Å². The van der Waals surface area contributed by atoms with Crippen LogP contribution >= 0.6 is 11.8 Å². The van der Waals surface area contributed by atoms with Gasteiger partial charge < -0.3 is 20.3 Å². The van der Waals surface area contributed by atoms with E-state index in [0.717, 1.165) is 42.4 Å². The highest BCUT2D eigenvalue weighted by Crippen LogP contribution is 2.38. The van der Waals surface area contributed by atoms with E-state index in [1.807, 2.05) is 45.2 Å². The Bertz CT molecular complexity index is 890. The first-order valence-electron chi connectivity index (χ1n) is 13.1. The average molecular weight is 520 g/mol. The number of amides is 3. The Balaban J connectivity index is 2.49. The minimum atomic E-state index is -0.777. The summed E-state index contributed by atoms with van der Waals surface area (Å²) in [6, 6.07) is 4.36. The van der Waals surface area contributed by atoms with Crippen molar-refractivity contribution >= 4 is 29.7 Å². The van der Waals surface area contributed by atoms with Crippen LogP contribution in [0.1, 0.15) is 89.5 Å². The summed E-state index contributed by atoms with van der Waals surface area (Å²) in [5.74, 6) is 0.288. The molecule has 2 N–H and O–H groups in total. The standard InChI is InChI=1S/C28H45N3O4S/c1-9-11-20(4)29-25(32)24(23-18(2)12-10-13-19(23)3)31(21-14-15-21)26(33)22(16-17-36-8)30-27(34)35-28(5,6)7/h10,12-13,20-22,24H,9,11,14-17H2,1-8H3,(H,29,32)(H,30,34). The van der Waals surface area contributed by atoms with Crippen molar-refractivity contribution < 1.29 is 19.1 Å². The van der Waals surface area contributed by atoms with Crippen LogP contribution in [0, 0.1) is 13.8 Å². The highest BCUT2D eigenvalue weighted by atomic mass is 32.2. The quantitative estimate of drug-likeness (QED) is 0.392. The Morgan fingerprint density at radius 1 is 1.11 bits per heavy atom. The number of hydrogen-bond donors (Lipinski definition) is 2. The molecule has 1 aromatic carbocycles. The van der Waals surface area contributed by atoms with E-state index in [4.69, 9.17) is 4.74 Å². The van der Waals surface area contributed by atoms with Crippen molar-refractivity contribution in [3.05, 3.63) is 34.9 Å². The van der Waals surface area contributed by atoms with Crippen LogP contribution < -0.4 is 10.6 Å². The molecule has 0 heterocycles. The van der Waals surface area contributed by atoms with E-state index in [9.17, 15) is 14.4 Å². The van der Waals surface area contributed by atoms with E-state index in [-0.39, 0.29) is 23.9 Å². The number of ether oxygens (including phenoxy) is 1. The molecule has 202 valence electrons. The van der Waals surface area contributed by atoms with Gasteiger partial charge in [-0.25, -0.2) is 4.79 Å². The highest BCUT2D eigenvalue weighted by molar-refractivity contribution is 7.98. The average Bonchev–Trinajstić information content (AvgIpc) is 3.59. The minimum absolute atomic E-state index is 0.00217. The number of nitrogens with one attached hydrogen (secondary N) is 2. The fourth-order valence-corrected chi connectivity index (χ4v) is 4.95. The first-order chi connectivity index (χ1) is 16.9. The lowest BCUT2D eigenvalue weighted by atomic mass is 9.93. The molecular weight excluding hydrogens is 474 g/mol. The summed E-state index contributed by atoms with van der Waals surface area (Å²) in [5, 5.41) is 5.97. The van der Waals surface area contributed by atoms with Gasteiger partial charge in [-0.15, -0.1) is 0 Å². The summed E-state index contributed by atoms with van der Waals surface area (Å²) < 4.78 is 5.46. The van der Waals surface area contributed by atoms with Crippen LogP contribution in [0.3, 0.4) is 0 Å². The molecule has 3 unspecified atom stereocenters. The second kappa shape index (κ2) is 13.4. The van der Waals surface area contributed by atoms with E-state index in [1.165, 1.54) is 0 Å².